The van der Waals surface area contributed by atoms with Crippen LogP contribution in [0.2, 0.25) is 0 Å². The van der Waals surface area contributed by atoms with Gasteiger partial charge in [0.15, 0.2) is 0 Å². The first kappa shape index (κ1) is 19.4. The molecule has 0 amide bonds. The summed E-state index contributed by atoms with van der Waals surface area (Å²) in [5.41, 5.74) is 2.63. The SMILES string of the molecule is O=S(=O)(CCCOCc1ccccc1)Nc1cccc(CCCO)c1. The van der Waals surface area contributed by atoms with Crippen LogP contribution in [-0.4, -0.2) is 32.5 Å². The third-order valence-corrected chi connectivity index (χ3v) is 5.01. The summed E-state index contributed by atoms with van der Waals surface area (Å²) in [7, 11) is -3.40. The number of aliphatic hydroxyl groups is 1. The average Bonchev–Trinajstić information content (AvgIpc) is 2.60. The van der Waals surface area contributed by atoms with Crippen LogP contribution in [0.25, 0.3) is 0 Å². The van der Waals surface area contributed by atoms with E-state index in [1.165, 1.54) is 0 Å². The number of hydrogen-bond donors (Lipinski definition) is 2. The van der Waals surface area contributed by atoms with Gasteiger partial charge in [-0.1, -0.05) is 42.5 Å². The van der Waals surface area contributed by atoms with Crippen molar-refractivity contribution in [2.45, 2.75) is 25.9 Å². The van der Waals surface area contributed by atoms with Gasteiger partial charge in [-0.3, -0.25) is 4.72 Å². The number of nitrogens with one attached hydrogen (secondary N) is 1. The molecule has 0 fully saturated rings. The van der Waals surface area contributed by atoms with Crippen LogP contribution in [0.4, 0.5) is 5.69 Å². The second kappa shape index (κ2) is 10.2. The summed E-state index contributed by atoms with van der Waals surface area (Å²) in [5, 5.41) is 8.87. The van der Waals surface area contributed by atoms with Gasteiger partial charge in [0, 0.05) is 18.9 Å². The van der Waals surface area contributed by atoms with Crippen molar-refractivity contribution in [3.8, 4) is 0 Å². The van der Waals surface area contributed by atoms with Gasteiger partial charge in [0.25, 0.3) is 0 Å². The van der Waals surface area contributed by atoms with Crippen LogP contribution >= 0.6 is 0 Å². The number of aryl methyl sites for hydroxylation is 1. The van der Waals surface area contributed by atoms with Crippen LogP contribution in [-0.2, 0) is 27.8 Å². The minimum Gasteiger partial charge on any atom is -0.396 e. The van der Waals surface area contributed by atoms with E-state index < -0.39 is 10.0 Å². The van der Waals surface area contributed by atoms with Gasteiger partial charge in [-0.15, -0.1) is 0 Å². The second-order valence-electron chi connectivity index (χ2n) is 5.84. The largest absolute Gasteiger partial charge is 0.396 e. The molecule has 2 aromatic carbocycles. The van der Waals surface area contributed by atoms with E-state index in [0.717, 1.165) is 17.5 Å². The molecule has 0 bridgehead atoms. The highest BCUT2D eigenvalue weighted by Gasteiger charge is 2.10. The van der Waals surface area contributed by atoms with Gasteiger partial charge >= 0.3 is 0 Å². The molecule has 0 aliphatic carbocycles. The van der Waals surface area contributed by atoms with Crippen molar-refractivity contribution in [1.82, 2.24) is 0 Å². The molecule has 25 heavy (non-hydrogen) atoms. The number of benzene rings is 2. The number of hydrogen-bond acceptors (Lipinski definition) is 4. The minimum absolute atomic E-state index is 0.0165. The van der Waals surface area contributed by atoms with E-state index >= 15 is 0 Å². The first-order valence-electron chi connectivity index (χ1n) is 8.41. The maximum absolute atomic E-state index is 12.2. The molecule has 0 aromatic heterocycles. The maximum atomic E-state index is 12.2. The summed E-state index contributed by atoms with van der Waals surface area (Å²) in [4.78, 5) is 0. The van der Waals surface area contributed by atoms with E-state index in [4.69, 9.17) is 9.84 Å². The third-order valence-electron chi connectivity index (χ3n) is 3.64. The number of ether oxygens (including phenoxy) is 1. The molecular weight excluding hydrogens is 338 g/mol. The molecule has 5 nitrogen and oxygen atoms in total. The summed E-state index contributed by atoms with van der Waals surface area (Å²) in [5.74, 6) is 0.0165. The van der Waals surface area contributed by atoms with Crippen molar-refractivity contribution in [3.63, 3.8) is 0 Å². The van der Waals surface area contributed by atoms with Crippen LogP contribution in [0.15, 0.2) is 54.6 Å². The van der Waals surface area contributed by atoms with Gasteiger partial charge in [0.05, 0.1) is 12.4 Å². The van der Waals surface area contributed by atoms with E-state index in [-0.39, 0.29) is 12.4 Å². The molecule has 2 N–H and O–H groups in total. The van der Waals surface area contributed by atoms with E-state index in [1.807, 2.05) is 42.5 Å². The van der Waals surface area contributed by atoms with Crippen LogP contribution in [0.5, 0.6) is 0 Å². The summed E-state index contributed by atoms with van der Waals surface area (Å²) in [6, 6.07) is 17.1. The van der Waals surface area contributed by atoms with E-state index in [0.29, 0.717) is 31.7 Å². The fraction of sp³-hybridized carbons (Fsp3) is 0.368. The third kappa shape index (κ3) is 7.69. The van der Waals surface area contributed by atoms with Gasteiger partial charge in [-0.05, 0) is 42.5 Å². The minimum atomic E-state index is -3.40. The smallest absolute Gasteiger partial charge is 0.232 e. The molecule has 0 unspecified atom stereocenters. The topological polar surface area (TPSA) is 75.6 Å². The molecule has 2 rings (SSSR count). The van der Waals surface area contributed by atoms with Gasteiger partial charge in [-0.25, -0.2) is 8.42 Å². The molecular formula is C19H25NO4S. The molecule has 0 saturated heterocycles. The zero-order valence-electron chi connectivity index (χ0n) is 14.2. The Bertz CT molecular complexity index is 732. The molecule has 2 aromatic rings. The normalized spacial score (nSPS) is 11.4. The molecule has 0 aliphatic heterocycles. The molecule has 0 aliphatic rings. The lowest BCUT2D eigenvalue weighted by Gasteiger charge is -2.10. The van der Waals surface area contributed by atoms with Crippen molar-refractivity contribution in [2.24, 2.45) is 0 Å². The van der Waals surface area contributed by atoms with Gasteiger partial charge in [0.1, 0.15) is 0 Å². The zero-order chi connectivity index (χ0) is 18.0. The Hall–Kier alpha value is -1.89. The summed E-state index contributed by atoms with van der Waals surface area (Å²) in [6.45, 7) is 1.01. The highest BCUT2D eigenvalue weighted by Crippen LogP contribution is 2.14. The Morgan fingerprint density at radius 3 is 2.48 bits per heavy atom. The molecule has 136 valence electrons. The fourth-order valence-electron chi connectivity index (χ4n) is 2.42. The number of sulfonamides is 1. The van der Waals surface area contributed by atoms with Crippen molar-refractivity contribution < 1.29 is 18.3 Å². The monoisotopic (exact) mass is 363 g/mol. The van der Waals surface area contributed by atoms with Gasteiger partial charge in [-0.2, -0.15) is 0 Å². The Morgan fingerprint density at radius 1 is 0.960 bits per heavy atom. The Morgan fingerprint density at radius 2 is 1.72 bits per heavy atom. The number of rotatable bonds is 11. The molecule has 0 heterocycles. The van der Waals surface area contributed by atoms with Crippen molar-refractivity contribution in [1.29, 1.82) is 0 Å². The lowest BCUT2D eigenvalue weighted by atomic mass is 10.1. The van der Waals surface area contributed by atoms with Crippen molar-refractivity contribution >= 4 is 15.7 Å². The van der Waals surface area contributed by atoms with Crippen LogP contribution in [0.1, 0.15) is 24.0 Å². The first-order valence-corrected chi connectivity index (χ1v) is 10.1. The summed E-state index contributed by atoms with van der Waals surface area (Å²) >= 11 is 0. The van der Waals surface area contributed by atoms with Crippen molar-refractivity contribution in [2.75, 3.05) is 23.7 Å². The van der Waals surface area contributed by atoms with Gasteiger partial charge in [0.2, 0.25) is 10.0 Å². The first-order chi connectivity index (χ1) is 12.1. The lowest BCUT2D eigenvalue weighted by Crippen LogP contribution is -2.18. The quantitative estimate of drug-likeness (QED) is 0.602. The standard InChI is InChI=1S/C19H25NO4S/c21-12-5-10-17-9-4-11-19(15-17)20-25(22,23)14-6-13-24-16-18-7-2-1-3-8-18/h1-4,7-9,11,15,20-21H,5-6,10,12-14,16H2. The Balaban J connectivity index is 1.74. The lowest BCUT2D eigenvalue weighted by molar-refractivity contribution is 0.122. The highest BCUT2D eigenvalue weighted by molar-refractivity contribution is 7.92. The van der Waals surface area contributed by atoms with E-state index in [2.05, 4.69) is 4.72 Å². The second-order valence-corrected chi connectivity index (χ2v) is 7.68. The predicted molar refractivity (Wildman–Crippen MR) is 100.0 cm³/mol. The average molecular weight is 363 g/mol. The Kier molecular flexibility index (Phi) is 7.91. The predicted octanol–water partition coefficient (Wildman–Crippen LogP) is 2.96. The van der Waals surface area contributed by atoms with E-state index in [9.17, 15) is 8.42 Å². The molecule has 0 radical (unpaired) electrons. The van der Waals surface area contributed by atoms with Crippen LogP contribution in [0.3, 0.4) is 0 Å². The van der Waals surface area contributed by atoms with Crippen LogP contribution < -0.4 is 4.72 Å². The van der Waals surface area contributed by atoms with E-state index in [1.54, 1.807) is 12.1 Å². The molecule has 6 heteroatoms. The van der Waals surface area contributed by atoms with Gasteiger partial charge < -0.3 is 9.84 Å². The fourth-order valence-corrected chi connectivity index (χ4v) is 3.51. The summed E-state index contributed by atoms with van der Waals surface area (Å²) < 4.78 is 32.4. The molecule has 0 atom stereocenters. The molecule has 0 spiro atoms. The maximum Gasteiger partial charge on any atom is 0.232 e. The molecule has 0 saturated carbocycles. The zero-order valence-corrected chi connectivity index (χ0v) is 15.0. The van der Waals surface area contributed by atoms with Crippen molar-refractivity contribution in [3.05, 3.63) is 65.7 Å². The van der Waals surface area contributed by atoms with Crippen LogP contribution in [0, 0.1) is 0 Å². The Labute approximate surface area is 149 Å². The summed E-state index contributed by atoms with van der Waals surface area (Å²) in [6.07, 6.45) is 1.82. The number of anilines is 1. The number of aliphatic hydroxyl groups excluding tert-OH is 1. The highest BCUT2D eigenvalue weighted by atomic mass is 32.2.